The molecule has 0 bridgehead atoms. The molecule has 0 heterocycles. The Labute approximate surface area is 111 Å². The zero-order valence-electron chi connectivity index (χ0n) is 10.7. The molecule has 106 valence electrons. The second kappa shape index (κ2) is 6.60. The van der Waals surface area contributed by atoms with Gasteiger partial charge in [-0.25, -0.2) is 8.42 Å². The van der Waals surface area contributed by atoms with Gasteiger partial charge in [-0.15, -0.1) is 0 Å². The first kappa shape index (κ1) is 15.5. The number of benzene rings is 1. The average molecular weight is 288 g/mol. The Bertz CT molecular complexity index is 542. The van der Waals surface area contributed by atoms with Crippen LogP contribution in [0.2, 0.25) is 0 Å². The monoisotopic (exact) mass is 288 g/mol. The molecule has 8 heteroatoms. The van der Waals surface area contributed by atoms with Crippen LogP contribution in [-0.2, 0) is 20.6 Å². The Morgan fingerprint density at radius 1 is 1.37 bits per heavy atom. The van der Waals surface area contributed by atoms with Crippen molar-refractivity contribution in [3.8, 4) is 0 Å². The predicted molar refractivity (Wildman–Crippen MR) is 69.6 cm³/mol. The molecule has 0 atom stereocenters. The van der Waals surface area contributed by atoms with Crippen molar-refractivity contribution in [3.05, 3.63) is 39.9 Å². The highest BCUT2D eigenvalue weighted by Crippen LogP contribution is 2.19. The number of nitrogens with one attached hydrogen (secondary N) is 1. The third-order valence-electron chi connectivity index (χ3n) is 2.14. The molecule has 0 amide bonds. The van der Waals surface area contributed by atoms with E-state index in [9.17, 15) is 18.5 Å². The normalized spacial score (nSPS) is 11.7. The van der Waals surface area contributed by atoms with Gasteiger partial charge < -0.3 is 0 Å². The molecule has 0 aliphatic rings. The van der Waals surface area contributed by atoms with Crippen molar-refractivity contribution in [2.75, 3.05) is 6.61 Å². The fourth-order valence-electron chi connectivity index (χ4n) is 1.34. The molecule has 0 aliphatic carbocycles. The summed E-state index contributed by atoms with van der Waals surface area (Å²) in [5.74, 6) is -0.323. The number of hydrogen-bond acceptors (Lipinski definition) is 5. The standard InChI is InChI=1S/C11H16N2O5S/c1-9(2)7-18-12-19(16,17)8-10-5-3-4-6-11(10)13(14)15/h3-6,9,12H,7-8H2,1-2H3. The quantitative estimate of drug-likeness (QED) is 0.607. The Morgan fingerprint density at radius 2 is 2.00 bits per heavy atom. The first-order valence-corrected chi connectivity index (χ1v) is 7.30. The van der Waals surface area contributed by atoms with Crippen molar-refractivity contribution < 1.29 is 18.2 Å². The Hall–Kier alpha value is -1.51. The van der Waals surface area contributed by atoms with E-state index in [1.807, 2.05) is 18.7 Å². The Morgan fingerprint density at radius 3 is 2.58 bits per heavy atom. The first-order valence-electron chi connectivity index (χ1n) is 5.65. The fraction of sp³-hybridized carbons (Fsp3) is 0.455. The van der Waals surface area contributed by atoms with Crippen LogP contribution in [0.5, 0.6) is 0 Å². The van der Waals surface area contributed by atoms with E-state index < -0.39 is 20.7 Å². The summed E-state index contributed by atoms with van der Waals surface area (Å²) in [6, 6.07) is 5.70. The molecule has 19 heavy (non-hydrogen) atoms. The van der Waals surface area contributed by atoms with Crippen molar-refractivity contribution in [1.29, 1.82) is 0 Å². The van der Waals surface area contributed by atoms with Gasteiger partial charge in [0.15, 0.2) is 0 Å². The van der Waals surface area contributed by atoms with E-state index in [-0.39, 0.29) is 23.8 Å². The van der Waals surface area contributed by atoms with Crippen molar-refractivity contribution in [2.24, 2.45) is 5.92 Å². The van der Waals surface area contributed by atoms with E-state index in [4.69, 9.17) is 4.84 Å². The van der Waals surface area contributed by atoms with Crippen molar-refractivity contribution in [1.82, 2.24) is 4.89 Å². The molecular formula is C11H16N2O5S. The van der Waals surface area contributed by atoms with Gasteiger partial charge in [-0.3, -0.25) is 15.0 Å². The molecule has 1 aromatic rings. The SMILES string of the molecule is CC(C)CONS(=O)(=O)Cc1ccccc1[N+](=O)[O-]. The Kier molecular flexibility index (Phi) is 5.40. The number of nitro groups is 1. The van der Waals surface area contributed by atoms with Crippen LogP contribution in [0, 0.1) is 16.0 Å². The third-order valence-corrected chi connectivity index (χ3v) is 3.20. The summed E-state index contributed by atoms with van der Waals surface area (Å²) in [7, 11) is -3.76. The summed E-state index contributed by atoms with van der Waals surface area (Å²) in [6.07, 6.45) is 0. The second-order valence-corrected chi connectivity index (χ2v) is 6.12. The predicted octanol–water partition coefficient (Wildman–Crippen LogP) is 1.60. The lowest BCUT2D eigenvalue weighted by Gasteiger charge is -2.09. The first-order chi connectivity index (χ1) is 8.82. The maximum atomic E-state index is 11.7. The summed E-state index contributed by atoms with van der Waals surface area (Å²) < 4.78 is 23.4. The van der Waals surface area contributed by atoms with Crippen LogP contribution in [0.1, 0.15) is 19.4 Å². The van der Waals surface area contributed by atoms with Gasteiger partial charge in [0, 0.05) is 11.6 Å². The summed E-state index contributed by atoms with van der Waals surface area (Å²) >= 11 is 0. The molecule has 1 rings (SSSR count). The van der Waals surface area contributed by atoms with E-state index in [1.165, 1.54) is 18.2 Å². The number of nitro benzene ring substituents is 1. The van der Waals surface area contributed by atoms with Gasteiger partial charge in [0.25, 0.3) is 5.69 Å². The molecule has 0 spiro atoms. The molecule has 0 unspecified atom stereocenters. The summed E-state index contributed by atoms with van der Waals surface area (Å²) in [6.45, 7) is 3.97. The van der Waals surface area contributed by atoms with Crippen LogP contribution in [0.3, 0.4) is 0 Å². The maximum absolute atomic E-state index is 11.7. The molecule has 0 saturated heterocycles. The van der Waals surface area contributed by atoms with Crippen LogP contribution in [0.25, 0.3) is 0 Å². The second-order valence-electron chi connectivity index (χ2n) is 4.43. The number of hydrogen-bond donors (Lipinski definition) is 1. The zero-order chi connectivity index (χ0) is 14.5. The number of para-hydroxylation sites is 1. The Balaban J connectivity index is 2.76. The lowest BCUT2D eigenvalue weighted by Crippen LogP contribution is -2.27. The third kappa shape index (κ3) is 5.33. The lowest BCUT2D eigenvalue weighted by atomic mass is 10.2. The molecule has 1 aromatic carbocycles. The molecule has 0 aromatic heterocycles. The molecule has 0 radical (unpaired) electrons. The number of sulfonamides is 1. The maximum Gasteiger partial charge on any atom is 0.273 e. The van der Waals surface area contributed by atoms with E-state index in [1.54, 1.807) is 6.07 Å². The highest BCUT2D eigenvalue weighted by Gasteiger charge is 2.19. The van der Waals surface area contributed by atoms with Gasteiger partial charge in [0.05, 0.1) is 17.3 Å². The average Bonchev–Trinajstić information content (AvgIpc) is 2.27. The van der Waals surface area contributed by atoms with Gasteiger partial charge in [0.2, 0.25) is 10.0 Å². The van der Waals surface area contributed by atoms with E-state index >= 15 is 0 Å². The molecule has 7 nitrogen and oxygen atoms in total. The van der Waals surface area contributed by atoms with Crippen LogP contribution >= 0.6 is 0 Å². The van der Waals surface area contributed by atoms with Crippen LogP contribution in [0.4, 0.5) is 5.69 Å². The minimum Gasteiger partial charge on any atom is -0.287 e. The largest absolute Gasteiger partial charge is 0.287 e. The minimum atomic E-state index is -3.76. The van der Waals surface area contributed by atoms with Gasteiger partial charge in [-0.05, 0) is 5.92 Å². The molecule has 1 N–H and O–H groups in total. The zero-order valence-corrected chi connectivity index (χ0v) is 11.5. The van der Waals surface area contributed by atoms with Gasteiger partial charge in [0.1, 0.15) is 0 Å². The molecule has 0 fully saturated rings. The fourth-order valence-corrected chi connectivity index (χ4v) is 2.30. The van der Waals surface area contributed by atoms with Crippen LogP contribution in [-0.4, -0.2) is 19.9 Å². The van der Waals surface area contributed by atoms with Gasteiger partial charge >= 0.3 is 0 Å². The van der Waals surface area contributed by atoms with Crippen molar-refractivity contribution in [2.45, 2.75) is 19.6 Å². The lowest BCUT2D eigenvalue weighted by molar-refractivity contribution is -0.385. The topological polar surface area (TPSA) is 98.5 Å². The highest BCUT2D eigenvalue weighted by atomic mass is 32.2. The van der Waals surface area contributed by atoms with Gasteiger partial charge in [-0.2, -0.15) is 0 Å². The van der Waals surface area contributed by atoms with Crippen molar-refractivity contribution >= 4 is 15.7 Å². The van der Waals surface area contributed by atoms with Crippen LogP contribution in [0.15, 0.2) is 24.3 Å². The smallest absolute Gasteiger partial charge is 0.273 e. The van der Waals surface area contributed by atoms with Crippen molar-refractivity contribution in [3.63, 3.8) is 0 Å². The van der Waals surface area contributed by atoms with E-state index in [0.29, 0.717) is 0 Å². The summed E-state index contributed by atoms with van der Waals surface area (Å²) in [4.78, 5) is 16.9. The van der Waals surface area contributed by atoms with E-state index in [2.05, 4.69) is 0 Å². The molecular weight excluding hydrogens is 272 g/mol. The van der Waals surface area contributed by atoms with Crippen LogP contribution < -0.4 is 4.89 Å². The number of nitrogens with zero attached hydrogens (tertiary/aromatic N) is 1. The summed E-state index contributed by atoms with van der Waals surface area (Å²) in [5, 5.41) is 10.8. The van der Waals surface area contributed by atoms with E-state index in [0.717, 1.165) is 0 Å². The van der Waals surface area contributed by atoms with Gasteiger partial charge in [-0.1, -0.05) is 36.9 Å². The molecule has 0 saturated carbocycles. The molecule has 0 aliphatic heterocycles. The summed E-state index contributed by atoms with van der Waals surface area (Å²) in [5.41, 5.74) is -0.107. The highest BCUT2D eigenvalue weighted by molar-refractivity contribution is 7.88. The number of rotatable bonds is 7. The minimum absolute atomic E-state index is 0.119.